The molecule has 142 valence electrons. The predicted octanol–water partition coefficient (Wildman–Crippen LogP) is 6.79. The van der Waals surface area contributed by atoms with Crippen molar-refractivity contribution in [3.8, 4) is 0 Å². The van der Waals surface area contributed by atoms with Gasteiger partial charge in [-0.3, -0.25) is 4.79 Å². The number of carbonyl (C=O) groups is 1. The van der Waals surface area contributed by atoms with Crippen molar-refractivity contribution >= 4 is 44.0 Å². The summed E-state index contributed by atoms with van der Waals surface area (Å²) in [5, 5.41) is 4.68. The molecule has 0 aliphatic rings. The molecule has 3 aromatic carbocycles. The normalized spacial score (nSPS) is 12.7. The molecule has 0 saturated carbocycles. The predicted molar refractivity (Wildman–Crippen MR) is 122 cm³/mol. The molecular weight excluding hydrogens is 364 g/mol. The van der Waals surface area contributed by atoms with E-state index in [4.69, 9.17) is 4.12 Å². The minimum atomic E-state index is -1.78. The van der Waals surface area contributed by atoms with Crippen LogP contribution in [0.15, 0.2) is 48.5 Å². The quantitative estimate of drug-likeness (QED) is 0.261. The second-order valence-corrected chi connectivity index (χ2v) is 18.0. The Morgan fingerprint density at radius 2 is 1.30 bits per heavy atom. The van der Waals surface area contributed by atoms with Gasteiger partial charge in [0.25, 0.3) is 0 Å². The standard InChI is InChI=1S/C23H30O2Si2/c1-17(24)23-21-14-10-9-12-19(21)18-11-7-8-13-20(18)22(23)15-16-27(5,6)25-26(2,3)4/h7-14H,15-16H2,1-6H3. The van der Waals surface area contributed by atoms with E-state index in [1.54, 1.807) is 6.92 Å². The van der Waals surface area contributed by atoms with E-state index in [1.165, 1.54) is 16.3 Å². The largest absolute Gasteiger partial charge is 0.456 e. The van der Waals surface area contributed by atoms with Crippen molar-refractivity contribution in [2.75, 3.05) is 0 Å². The molecule has 0 atom stereocenters. The van der Waals surface area contributed by atoms with E-state index in [0.717, 1.165) is 28.8 Å². The Morgan fingerprint density at radius 3 is 1.81 bits per heavy atom. The van der Waals surface area contributed by atoms with E-state index >= 15 is 0 Å². The molecule has 0 N–H and O–H groups in total. The third-order valence-electron chi connectivity index (χ3n) is 4.95. The molecular formula is C23H30O2Si2. The lowest BCUT2D eigenvalue weighted by atomic mass is 9.89. The summed E-state index contributed by atoms with van der Waals surface area (Å²) in [6.07, 6.45) is 0.893. The number of aryl methyl sites for hydroxylation is 1. The number of carbonyl (C=O) groups excluding carboxylic acids is 1. The second kappa shape index (κ2) is 7.34. The molecule has 0 amide bonds. The summed E-state index contributed by atoms with van der Waals surface area (Å²) in [5.41, 5.74) is 2.08. The van der Waals surface area contributed by atoms with Crippen LogP contribution in [-0.2, 0) is 10.5 Å². The van der Waals surface area contributed by atoms with Crippen LogP contribution in [0.2, 0.25) is 38.8 Å². The summed E-state index contributed by atoms with van der Waals surface area (Å²) in [6.45, 7) is 13.1. The fraction of sp³-hybridized carbons (Fsp3) is 0.348. The highest BCUT2D eigenvalue weighted by Gasteiger charge is 2.30. The fourth-order valence-electron chi connectivity index (χ4n) is 4.18. The van der Waals surface area contributed by atoms with Crippen molar-refractivity contribution in [3.63, 3.8) is 0 Å². The molecule has 0 bridgehead atoms. The van der Waals surface area contributed by atoms with Gasteiger partial charge in [0.05, 0.1) is 0 Å². The zero-order valence-corrected chi connectivity index (χ0v) is 19.3. The van der Waals surface area contributed by atoms with Gasteiger partial charge in [-0.1, -0.05) is 48.5 Å². The van der Waals surface area contributed by atoms with Gasteiger partial charge in [0.15, 0.2) is 22.4 Å². The molecule has 0 heterocycles. The number of hydrogen-bond acceptors (Lipinski definition) is 2. The SMILES string of the molecule is CC(=O)c1c(CC[Si](C)(C)O[Si](C)(C)C)c2ccccc2c2ccccc12. The maximum Gasteiger partial charge on any atom is 0.173 e. The van der Waals surface area contributed by atoms with Gasteiger partial charge < -0.3 is 4.12 Å². The van der Waals surface area contributed by atoms with E-state index in [-0.39, 0.29) is 5.78 Å². The van der Waals surface area contributed by atoms with Crippen molar-refractivity contribution in [1.29, 1.82) is 0 Å². The zero-order valence-electron chi connectivity index (χ0n) is 17.3. The summed E-state index contributed by atoms with van der Waals surface area (Å²) in [6, 6.07) is 17.8. The Balaban J connectivity index is 2.16. The molecule has 0 aliphatic carbocycles. The van der Waals surface area contributed by atoms with E-state index in [9.17, 15) is 4.79 Å². The van der Waals surface area contributed by atoms with Crippen LogP contribution >= 0.6 is 0 Å². The van der Waals surface area contributed by atoms with Gasteiger partial charge in [-0.05, 0) is 79.2 Å². The van der Waals surface area contributed by atoms with E-state index in [2.05, 4.69) is 75.2 Å². The van der Waals surface area contributed by atoms with Gasteiger partial charge in [-0.25, -0.2) is 0 Å². The van der Waals surface area contributed by atoms with Crippen molar-refractivity contribution < 1.29 is 8.91 Å². The molecule has 0 saturated heterocycles. The van der Waals surface area contributed by atoms with Crippen LogP contribution in [0.3, 0.4) is 0 Å². The minimum Gasteiger partial charge on any atom is -0.456 e. The number of hydrogen-bond donors (Lipinski definition) is 0. The molecule has 0 spiro atoms. The third-order valence-corrected chi connectivity index (χ3v) is 11.1. The third kappa shape index (κ3) is 4.39. The van der Waals surface area contributed by atoms with E-state index in [1.807, 2.05) is 6.07 Å². The molecule has 2 nitrogen and oxygen atoms in total. The van der Waals surface area contributed by atoms with Gasteiger partial charge >= 0.3 is 0 Å². The van der Waals surface area contributed by atoms with Crippen molar-refractivity contribution in [2.45, 2.75) is 52.1 Å². The molecule has 0 aromatic heterocycles. The second-order valence-electron chi connectivity index (χ2n) is 8.98. The van der Waals surface area contributed by atoms with Crippen molar-refractivity contribution in [1.82, 2.24) is 0 Å². The van der Waals surface area contributed by atoms with Crippen LogP contribution in [0.1, 0.15) is 22.8 Å². The highest BCUT2D eigenvalue weighted by Crippen LogP contribution is 2.35. The molecule has 0 radical (unpaired) electrons. The maximum absolute atomic E-state index is 12.7. The topological polar surface area (TPSA) is 26.3 Å². The number of fused-ring (bicyclic) bond motifs is 3. The number of benzene rings is 3. The van der Waals surface area contributed by atoms with Gasteiger partial charge in [0, 0.05) is 5.56 Å². The number of rotatable bonds is 6. The molecule has 27 heavy (non-hydrogen) atoms. The highest BCUT2D eigenvalue weighted by molar-refractivity contribution is 6.84. The lowest BCUT2D eigenvalue weighted by molar-refractivity contribution is 0.101. The number of ketones is 1. The van der Waals surface area contributed by atoms with Crippen LogP contribution in [0.5, 0.6) is 0 Å². The summed E-state index contributed by atoms with van der Waals surface area (Å²) in [5.74, 6) is 0.151. The van der Waals surface area contributed by atoms with Gasteiger partial charge in [0.2, 0.25) is 0 Å². The molecule has 0 fully saturated rings. The first kappa shape index (κ1) is 20.0. The molecule has 4 heteroatoms. The zero-order chi connectivity index (χ0) is 19.8. The monoisotopic (exact) mass is 394 g/mol. The Kier molecular flexibility index (Phi) is 5.43. The number of Topliss-reactive ketones (excluding diaryl/α,β-unsaturated/α-hetero) is 1. The lowest BCUT2D eigenvalue weighted by Gasteiger charge is -2.32. The summed E-state index contributed by atoms with van der Waals surface area (Å²) in [7, 11) is -3.35. The first-order valence-electron chi connectivity index (χ1n) is 9.72. The average Bonchev–Trinajstić information content (AvgIpc) is 2.57. The van der Waals surface area contributed by atoms with Crippen LogP contribution in [0.4, 0.5) is 0 Å². The van der Waals surface area contributed by atoms with Crippen LogP contribution in [-0.4, -0.2) is 22.4 Å². The van der Waals surface area contributed by atoms with E-state index in [0.29, 0.717) is 0 Å². The molecule has 0 aliphatic heterocycles. The smallest absolute Gasteiger partial charge is 0.173 e. The first-order valence-corrected chi connectivity index (χ1v) is 16.2. The summed E-state index contributed by atoms with van der Waals surface area (Å²) < 4.78 is 6.54. The minimum absolute atomic E-state index is 0.151. The summed E-state index contributed by atoms with van der Waals surface area (Å²) in [4.78, 5) is 12.7. The summed E-state index contributed by atoms with van der Waals surface area (Å²) >= 11 is 0. The fourth-order valence-corrected chi connectivity index (χ4v) is 12.1. The molecule has 3 rings (SSSR count). The maximum atomic E-state index is 12.7. The van der Waals surface area contributed by atoms with Gasteiger partial charge in [-0.2, -0.15) is 0 Å². The Morgan fingerprint density at radius 1 is 0.815 bits per heavy atom. The van der Waals surface area contributed by atoms with Crippen LogP contribution in [0.25, 0.3) is 21.5 Å². The molecule has 3 aromatic rings. The highest BCUT2D eigenvalue weighted by atomic mass is 28.4. The van der Waals surface area contributed by atoms with Crippen LogP contribution < -0.4 is 0 Å². The lowest BCUT2D eigenvalue weighted by Crippen LogP contribution is -2.42. The van der Waals surface area contributed by atoms with Gasteiger partial charge in [-0.15, -0.1) is 0 Å². The molecule has 0 unspecified atom stereocenters. The Hall–Kier alpha value is -1.76. The Labute approximate surface area is 164 Å². The van der Waals surface area contributed by atoms with Crippen molar-refractivity contribution in [2.24, 2.45) is 0 Å². The Bertz CT molecular complexity index is 1000. The van der Waals surface area contributed by atoms with Crippen LogP contribution in [0, 0.1) is 0 Å². The average molecular weight is 395 g/mol. The van der Waals surface area contributed by atoms with E-state index < -0.39 is 16.6 Å². The van der Waals surface area contributed by atoms with Gasteiger partial charge in [0.1, 0.15) is 0 Å². The first-order chi connectivity index (χ1) is 12.6. The van der Waals surface area contributed by atoms with Crippen molar-refractivity contribution in [3.05, 3.63) is 59.7 Å².